The number of hydrogen-bond donors (Lipinski definition) is 0. The van der Waals surface area contributed by atoms with Gasteiger partial charge in [-0.05, 0) is 17.9 Å². The summed E-state index contributed by atoms with van der Waals surface area (Å²) in [5, 5.41) is 0. The number of benzene rings is 1. The molecule has 0 aliphatic carbocycles. The van der Waals surface area contributed by atoms with Gasteiger partial charge in [0.15, 0.2) is 0 Å². The van der Waals surface area contributed by atoms with Crippen molar-refractivity contribution < 1.29 is 0 Å². The van der Waals surface area contributed by atoms with E-state index >= 15 is 0 Å². The van der Waals surface area contributed by atoms with Gasteiger partial charge in [0, 0.05) is 0 Å². The van der Waals surface area contributed by atoms with Gasteiger partial charge in [-0.25, -0.2) is 0 Å². The van der Waals surface area contributed by atoms with Crippen molar-refractivity contribution in [2.45, 2.75) is 19.3 Å². The van der Waals surface area contributed by atoms with Crippen LogP contribution in [0.5, 0.6) is 0 Å². The van der Waals surface area contributed by atoms with E-state index in [1.54, 1.807) is 0 Å². The first kappa shape index (κ1) is 17.9. The summed E-state index contributed by atoms with van der Waals surface area (Å²) >= 11 is 10.2. The first-order valence-electron chi connectivity index (χ1n) is 4.27. The van der Waals surface area contributed by atoms with Crippen molar-refractivity contribution in [2.24, 2.45) is 0 Å². The van der Waals surface area contributed by atoms with Gasteiger partial charge < -0.3 is 0 Å². The molecule has 0 bridgehead atoms. The van der Waals surface area contributed by atoms with Crippen LogP contribution in [0.25, 0.3) is 0 Å². The summed E-state index contributed by atoms with van der Waals surface area (Å²) in [6.45, 7) is 8.27. The fraction of sp³-hybridized carbons (Fsp3) is 0.300. The van der Waals surface area contributed by atoms with E-state index in [9.17, 15) is 0 Å². The Bertz CT molecular complexity index is 268. The Morgan fingerprint density at radius 1 is 1.00 bits per heavy atom. The van der Waals surface area contributed by atoms with Crippen molar-refractivity contribution in [3.05, 3.63) is 42.8 Å². The molecule has 15 heavy (non-hydrogen) atoms. The standard InChI is InChI=1S/C10H13.4HI.Sn/c1-10(2,3)9-7-5-4-6-8-9;;;;;/h4-8H,1H2,2-3H3;4*1H;/q;;;;;+4/p-4. The van der Waals surface area contributed by atoms with Crippen molar-refractivity contribution in [1.29, 1.82) is 0 Å². The summed E-state index contributed by atoms with van der Waals surface area (Å²) < 4.78 is -1.30. The SMILES string of the molecule is [CH2]C(C)(C)c1ccccc1.[I][Sn]([I])([I])[I]. The first-order chi connectivity index (χ1) is 6.61. The molecule has 0 aliphatic heterocycles. The third-order valence-corrected chi connectivity index (χ3v) is 1.56. The van der Waals surface area contributed by atoms with E-state index < -0.39 is 2.50 Å². The molecule has 0 spiro atoms. The molecular weight excluding hydrogens is 746 g/mol. The zero-order chi connectivity index (χ0) is 12.1. The monoisotopic (exact) mass is 761 g/mol. The predicted octanol–water partition coefficient (Wildman–Crippen LogP) is 5.96. The fourth-order valence-electron chi connectivity index (χ4n) is 0.889. The Morgan fingerprint density at radius 2 is 1.33 bits per heavy atom. The summed E-state index contributed by atoms with van der Waals surface area (Å²) in [7, 11) is 0. The van der Waals surface area contributed by atoms with Crippen molar-refractivity contribution in [1.82, 2.24) is 0 Å². The zero-order valence-corrected chi connectivity index (χ0v) is 20.1. The van der Waals surface area contributed by atoms with E-state index in [0.717, 1.165) is 0 Å². The second kappa shape index (κ2) is 8.18. The topological polar surface area (TPSA) is 0 Å². The third kappa shape index (κ3) is 13.2. The second-order valence-corrected chi connectivity index (χ2v) is 133. The summed E-state index contributed by atoms with van der Waals surface area (Å²) in [5.74, 6) is 0. The molecule has 1 aromatic carbocycles. The molecule has 0 saturated heterocycles. The van der Waals surface area contributed by atoms with Crippen LogP contribution in [0, 0.1) is 6.92 Å². The molecular formula is C10H13I4Sn. The van der Waals surface area contributed by atoms with Crippen molar-refractivity contribution >= 4 is 77.0 Å². The minimum absolute atomic E-state index is 0.0429. The van der Waals surface area contributed by atoms with Crippen LogP contribution in [-0.2, 0) is 5.41 Å². The van der Waals surface area contributed by atoms with Gasteiger partial charge in [-0.15, -0.1) is 0 Å². The molecule has 1 rings (SSSR count). The molecule has 0 heterocycles. The molecule has 0 fully saturated rings. The van der Waals surface area contributed by atoms with Gasteiger partial charge in [-0.3, -0.25) is 0 Å². The van der Waals surface area contributed by atoms with Crippen LogP contribution in [0.15, 0.2) is 30.3 Å². The average Bonchev–Trinajstić information content (AvgIpc) is 2.01. The van der Waals surface area contributed by atoms with Crippen molar-refractivity contribution in [2.75, 3.05) is 0 Å². The predicted molar refractivity (Wildman–Crippen MR) is 107 cm³/mol. The number of hydrogen-bond acceptors (Lipinski definition) is 0. The molecule has 0 N–H and O–H groups in total. The number of rotatable bonds is 1. The second-order valence-electron chi connectivity index (χ2n) is 3.68. The summed E-state index contributed by atoms with van der Waals surface area (Å²) in [6.07, 6.45) is 0. The molecule has 0 unspecified atom stereocenters. The third-order valence-electron chi connectivity index (χ3n) is 1.56. The summed E-state index contributed by atoms with van der Waals surface area (Å²) in [5.41, 5.74) is 1.33. The molecule has 0 aliphatic rings. The molecule has 1 aromatic rings. The van der Waals surface area contributed by atoms with Gasteiger partial charge >= 0.3 is 77.0 Å². The molecule has 5 heteroatoms. The summed E-state index contributed by atoms with van der Waals surface area (Å²) in [4.78, 5) is 0. The first-order valence-corrected chi connectivity index (χ1v) is 37.5. The molecule has 0 saturated carbocycles. The quantitative estimate of drug-likeness (QED) is 0.245. The molecule has 1 radical (unpaired) electrons. The Morgan fingerprint density at radius 3 is 1.53 bits per heavy atom. The number of halogens is 4. The maximum atomic E-state index is 4.04. The van der Waals surface area contributed by atoms with E-state index in [-0.39, 0.29) is 5.41 Å². The van der Waals surface area contributed by atoms with E-state index in [4.69, 9.17) is 0 Å². The van der Waals surface area contributed by atoms with Crippen LogP contribution in [0.3, 0.4) is 0 Å². The van der Waals surface area contributed by atoms with E-state index in [0.29, 0.717) is 0 Å². The Labute approximate surface area is 136 Å². The van der Waals surface area contributed by atoms with Crippen LogP contribution in [0.4, 0.5) is 0 Å². The molecule has 0 aromatic heterocycles. The van der Waals surface area contributed by atoms with E-state index in [1.807, 2.05) is 18.2 Å². The van der Waals surface area contributed by atoms with Crippen molar-refractivity contribution in [3.63, 3.8) is 0 Å². The fourth-order valence-corrected chi connectivity index (χ4v) is 0.889. The van der Waals surface area contributed by atoms with E-state index in [1.165, 1.54) is 5.56 Å². The van der Waals surface area contributed by atoms with Crippen LogP contribution in [-0.4, -0.2) is 2.50 Å². The Hall–Kier alpha value is 2.94. The maximum absolute atomic E-state index is 4.04. The van der Waals surface area contributed by atoms with Gasteiger partial charge in [-0.1, -0.05) is 44.2 Å². The molecule has 0 amide bonds. The minimum atomic E-state index is -1.30. The van der Waals surface area contributed by atoms with Gasteiger partial charge in [0.1, 0.15) is 0 Å². The van der Waals surface area contributed by atoms with E-state index in [2.05, 4.69) is 107 Å². The molecule has 0 nitrogen and oxygen atoms in total. The average molecular weight is 760 g/mol. The van der Waals surface area contributed by atoms with Gasteiger partial charge in [0.2, 0.25) is 0 Å². The van der Waals surface area contributed by atoms with Gasteiger partial charge in [0.25, 0.3) is 0 Å². The van der Waals surface area contributed by atoms with Crippen LogP contribution in [0.2, 0.25) is 0 Å². The van der Waals surface area contributed by atoms with Crippen LogP contribution in [0.1, 0.15) is 19.4 Å². The van der Waals surface area contributed by atoms with Gasteiger partial charge in [0.05, 0.1) is 0 Å². The van der Waals surface area contributed by atoms with Gasteiger partial charge in [-0.2, -0.15) is 0 Å². The van der Waals surface area contributed by atoms with Crippen molar-refractivity contribution in [3.8, 4) is 0 Å². The summed E-state index contributed by atoms with van der Waals surface area (Å²) in [6, 6.07) is 10.3. The molecule has 0 atom stereocenters. The van der Waals surface area contributed by atoms with Crippen LogP contribution < -0.4 is 0 Å². The normalized spacial score (nSPS) is 11.7. The zero-order valence-electron chi connectivity index (χ0n) is 8.61. The Kier molecular flexibility index (Phi) is 9.78. The van der Waals surface area contributed by atoms with Crippen LogP contribution >= 0.6 is 74.5 Å². The molecule has 85 valence electrons. The Balaban J connectivity index is 0.000000336.